The Morgan fingerprint density at radius 2 is 2.05 bits per heavy atom. The average Bonchev–Trinajstić information content (AvgIpc) is 2.80. The molecule has 0 radical (unpaired) electrons. The maximum absolute atomic E-state index is 12.2. The van der Waals surface area contributed by atoms with Gasteiger partial charge in [0.1, 0.15) is 0 Å². The van der Waals surface area contributed by atoms with Crippen molar-refractivity contribution in [2.75, 3.05) is 0 Å². The zero-order chi connectivity index (χ0) is 14.4. The lowest BCUT2D eigenvalue weighted by Gasteiger charge is -2.37. The molecule has 1 amide bonds. The van der Waals surface area contributed by atoms with Gasteiger partial charge in [-0.25, -0.2) is 0 Å². The van der Waals surface area contributed by atoms with E-state index in [0.29, 0.717) is 12.5 Å². The predicted octanol–water partition coefficient (Wildman–Crippen LogP) is 1.86. The molecule has 0 aliphatic carbocycles. The average molecular weight is 264 g/mol. The van der Waals surface area contributed by atoms with Gasteiger partial charge >= 0.3 is 0 Å². The maximum Gasteiger partial charge on any atom is 0.225 e. The van der Waals surface area contributed by atoms with Crippen molar-refractivity contribution in [2.24, 2.45) is 5.73 Å². The molecule has 1 fully saturated rings. The molecule has 1 aliphatic heterocycles. The minimum Gasteiger partial charge on any atom is -0.329 e. The van der Waals surface area contributed by atoms with Gasteiger partial charge in [-0.15, -0.1) is 0 Å². The second kappa shape index (κ2) is 4.63. The van der Waals surface area contributed by atoms with E-state index in [-0.39, 0.29) is 23.5 Å². The fraction of sp³-hybridized carbons (Fsp3) is 0.714. The minimum atomic E-state index is -0.226. The number of carbonyl (C=O) groups is 1. The number of hydrogen-bond donors (Lipinski definition) is 1. The third-order valence-corrected chi connectivity index (χ3v) is 3.58. The van der Waals surface area contributed by atoms with Gasteiger partial charge in [-0.3, -0.25) is 9.48 Å². The number of rotatable bonds is 2. The monoisotopic (exact) mass is 264 g/mol. The van der Waals surface area contributed by atoms with E-state index in [2.05, 4.69) is 18.9 Å². The molecule has 1 aromatic heterocycles. The van der Waals surface area contributed by atoms with Crippen LogP contribution in [0.5, 0.6) is 0 Å². The summed E-state index contributed by atoms with van der Waals surface area (Å²) in [6.45, 7) is 10.3. The van der Waals surface area contributed by atoms with Crippen LogP contribution in [-0.4, -0.2) is 32.2 Å². The summed E-state index contributed by atoms with van der Waals surface area (Å²) < 4.78 is 1.91. The molecule has 1 aliphatic rings. The summed E-state index contributed by atoms with van der Waals surface area (Å²) in [6, 6.07) is 0.0849. The van der Waals surface area contributed by atoms with E-state index in [1.54, 1.807) is 0 Å². The number of nitrogens with zero attached hydrogens (tertiary/aromatic N) is 3. The number of aromatic nitrogens is 2. The summed E-state index contributed by atoms with van der Waals surface area (Å²) >= 11 is 0. The van der Waals surface area contributed by atoms with Crippen molar-refractivity contribution >= 4 is 5.91 Å². The summed E-state index contributed by atoms with van der Waals surface area (Å²) in [4.78, 5) is 14.1. The Labute approximate surface area is 114 Å². The van der Waals surface area contributed by atoms with Crippen molar-refractivity contribution in [3.8, 4) is 0 Å². The fourth-order valence-corrected chi connectivity index (χ4v) is 2.73. The first-order valence-electron chi connectivity index (χ1n) is 6.83. The number of amides is 1. The van der Waals surface area contributed by atoms with Crippen LogP contribution in [0.2, 0.25) is 0 Å². The second-order valence-corrected chi connectivity index (χ2v) is 6.59. The van der Waals surface area contributed by atoms with Crippen LogP contribution in [0.4, 0.5) is 0 Å². The highest BCUT2D eigenvalue weighted by Gasteiger charge is 2.44. The lowest BCUT2D eigenvalue weighted by atomic mass is 9.99. The van der Waals surface area contributed by atoms with Crippen LogP contribution in [0.3, 0.4) is 0 Å². The van der Waals surface area contributed by atoms with E-state index in [1.807, 2.05) is 42.7 Å². The first kappa shape index (κ1) is 14.1. The smallest absolute Gasteiger partial charge is 0.225 e. The molecule has 2 N–H and O–H groups in total. The topological polar surface area (TPSA) is 64.2 Å². The van der Waals surface area contributed by atoms with Crippen molar-refractivity contribution in [3.63, 3.8) is 0 Å². The summed E-state index contributed by atoms with van der Waals surface area (Å²) in [5.74, 6) is 0.127. The summed E-state index contributed by atoms with van der Waals surface area (Å²) in [5.41, 5.74) is 6.98. The normalized spacial score (nSPS) is 24.6. The molecule has 0 aromatic carbocycles. The summed E-state index contributed by atoms with van der Waals surface area (Å²) in [6.07, 6.45) is 4.25. The molecule has 0 saturated carbocycles. The summed E-state index contributed by atoms with van der Waals surface area (Å²) in [5, 5.41) is 4.36. The second-order valence-electron chi connectivity index (χ2n) is 6.59. The van der Waals surface area contributed by atoms with Crippen LogP contribution in [0.1, 0.15) is 58.7 Å². The minimum absolute atomic E-state index is 0.0694. The Bertz CT molecular complexity index is 472. The number of likely N-dealkylation sites (tertiary alicyclic amines) is 1. The van der Waals surface area contributed by atoms with E-state index >= 15 is 0 Å². The van der Waals surface area contributed by atoms with Gasteiger partial charge in [0.05, 0.1) is 12.2 Å². The third kappa shape index (κ3) is 2.52. The molecular formula is C14H24N4O. The molecule has 5 heteroatoms. The predicted molar refractivity (Wildman–Crippen MR) is 74.5 cm³/mol. The first-order chi connectivity index (χ1) is 8.71. The molecular weight excluding hydrogens is 240 g/mol. The molecule has 0 spiro atoms. The highest BCUT2D eigenvalue weighted by atomic mass is 16.2. The zero-order valence-electron chi connectivity index (χ0n) is 12.4. The van der Waals surface area contributed by atoms with Gasteiger partial charge in [-0.05, 0) is 34.6 Å². The molecule has 5 nitrogen and oxygen atoms in total. The van der Waals surface area contributed by atoms with Crippen LogP contribution >= 0.6 is 0 Å². The van der Waals surface area contributed by atoms with Crippen LogP contribution in [-0.2, 0) is 4.79 Å². The molecule has 19 heavy (non-hydrogen) atoms. The molecule has 2 rings (SSSR count). The van der Waals surface area contributed by atoms with Crippen LogP contribution in [0.15, 0.2) is 12.4 Å². The van der Waals surface area contributed by atoms with Gasteiger partial charge in [-0.2, -0.15) is 5.10 Å². The van der Waals surface area contributed by atoms with Crippen LogP contribution in [0, 0.1) is 0 Å². The number of carbonyl (C=O) groups excluding carboxylic acids is 1. The van der Waals surface area contributed by atoms with E-state index in [0.717, 1.165) is 5.56 Å². The van der Waals surface area contributed by atoms with Crippen LogP contribution in [0.25, 0.3) is 0 Å². The third-order valence-electron chi connectivity index (χ3n) is 3.58. The number of hydrogen-bond acceptors (Lipinski definition) is 3. The van der Waals surface area contributed by atoms with E-state index in [4.69, 9.17) is 5.73 Å². The molecule has 0 bridgehead atoms. The van der Waals surface area contributed by atoms with E-state index in [9.17, 15) is 4.79 Å². The highest BCUT2D eigenvalue weighted by molar-refractivity contribution is 5.81. The standard InChI is InChI=1S/C14H24N4O/c1-9(2)17-8-10(7-16-17)13-11(15)6-12(19)18(13)14(3,4)5/h7-9,11,13H,6,15H2,1-5H3. The van der Waals surface area contributed by atoms with Crippen LogP contribution < -0.4 is 5.73 Å². The zero-order valence-corrected chi connectivity index (χ0v) is 12.4. The molecule has 2 heterocycles. The largest absolute Gasteiger partial charge is 0.329 e. The Hall–Kier alpha value is -1.36. The van der Waals surface area contributed by atoms with Crippen molar-refractivity contribution < 1.29 is 4.79 Å². The van der Waals surface area contributed by atoms with Gasteiger partial charge in [0.15, 0.2) is 0 Å². The SMILES string of the molecule is CC(C)n1cc(C2C(N)CC(=O)N2C(C)(C)C)cn1. The Balaban J connectivity index is 2.37. The van der Waals surface area contributed by atoms with Gasteiger partial charge in [0.25, 0.3) is 0 Å². The molecule has 1 aromatic rings. The Kier molecular flexibility index (Phi) is 3.43. The maximum atomic E-state index is 12.2. The van der Waals surface area contributed by atoms with Crippen molar-refractivity contribution in [3.05, 3.63) is 18.0 Å². The van der Waals surface area contributed by atoms with Gasteiger partial charge in [0, 0.05) is 35.8 Å². The Morgan fingerprint density at radius 1 is 1.42 bits per heavy atom. The Morgan fingerprint density at radius 3 is 2.53 bits per heavy atom. The van der Waals surface area contributed by atoms with Crippen molar-refractivity contribution in [2.45, 2.75) is 64.7 Å². The molecule has 106 valence electrons. The highest BCUT2D eigenvalue weighted by Crippen LogP contribution is 2.37. The number of nitrogens with two attached hydrogens (primary N) is 1. The quantitative estimate of drug-likeness (QED) is 0.886. The molecule has 2 unspecified atom stereocenters. The fourth-order valence-electron chi connectivity index (χ4n) is 2.73. The van der Waals surface area contributed by atoms with Gasteiger partial charge in [-0.1, -0.05) is 0 Å². The first-order valence-corrected chi connectivity index (χ1v) is 6.83. The van der Waals surface area contributed by atoms with Crippen molar-refractivity contribution in [1.29, 1.82) is 0 Å². The van der Waals surface area contributed by atoms with Gasteiger partial charge < -0.3 is 10.6 Å². The lowest BCUT2D eigenvalue weighted by molar-refractivity contribution is -0.133. The molecule has 2 atom stereocenters. The van der Waals surface area contributed by atoms with Gasteiger partial charge in [0.2, 0.25) is 5.91 Å². The van der Waals surface area contributed by atoms with E-state index in [1.165, 1.54) is 0 Å². The summed E-state index contributed by atoms with van der Waals surface area (Å²) in [7, 11) is 0. The van der Waals surface area contributed by atoms with E-state index < -0.39 is 0 Å². The lowest BCUT2D eigenvalue weighted by Crippen LogP contribution is -2.45. The molecule has 1 saturated heterocycles. The van der Waals surface area contributed by atoms with Crippen molar-refractivity contribution in [1.82, 2.24) is 14.7 Å².